The molecule has 0 aliphatic carbocycles. The Bertz CT molecular complexity index is 938. The van der Waals surface area contributed by atoms with E-state index in [-0.39, 0.29) is 22.5 Å². The molecule has 3 rings (SSSR count). The minimum Gasteiger partial charge on any atom is -0.459 e. The molecule has 0 saturated carbocycles. The van der Waals surface area contributed by atoms with E-state index in [1.807, 2.05) is 0 Å². The Morgan fingerprint density at radius 2 is 2.00 bits per heavy atom. The first-order chi connectivity index (χ1) is 12.8. The summed E-state index contributed by atoms with van der Waals surface area (Å²) in [6.45, 7) is 0.465. The smallest absolute Gasteiger partial charge is 0.290 e. The lowest BCUT2D eigenvalue weighted by atomic mass is 10.2. The lowest BCUT2D eigenvalue weighted by molar-refractivity contribution is -0.119. The largest absolute Gasteiger partial charge is 0.459 e. The number of likely N-dealkylation sites (tertiary alicyclic amines) is 1. The summed E-state index contributed by atoms with van der Waals surface area (Å²) in [6.07, 6.45) is 2.66. The van der Waals surface area contributed by atoms with Gasteiger partial charge in [0.05, 0.1) is 11.2 Å². The number of nitrogens with zero attached hydrogens (tertiary/aromatic N) is 2. The van der Waals surface area contributed by atoms with Crippen molar-refractivity contribution in [3.8, 4) is 0 Å². The van der Waals surface area contributed by atoms with Crippen molar-refractivity contribution in [3.63, 3.8) is 0 Å². The molecule has 1 fully saturated rings. The third-order valence-electron chi connectivity index (χ3n) is 4.43. The number of hydrogen-bond acceptors (Lipinski definition) is 5. The molecule has 1 aliphatic rings. The molecule has 1 saturated heterocycles. The molecule has 2 amide bonds. The third-order valence-corrected chi connectivity index (χ3v) is 6.24. The van der Waals surface area contributed by atoms with Gasteiger partial charge >= 0.3 is 0 Å². The summed E-state index contributed by atoms with van der Waals surface area (Å²) in [5, 5.41) is 2.72. The van der Waals surface area contributed by atoms with Crippen LogP contribution in [0.3, 0.4) is 0 Å². The van der Waals surface area contributed by atoms with Gasteiger partial charge in [-0.25, -0.2) is 12.7 Å². The highest BCUT2D eigenvalue weighted by atomic mass is 32.2. The first kappa shape index (κ1) is 19.1. The number of anilines is 1. The Labute approximate surface area is 157 Å². The van der Waals surface area contributed by atoms with Crippen molar-refractivity contribution in [3.05, 3.63) is 48.4 Å². The third kappa shape index (κ3) is 3.88. The van der Waals surface area contributed by atoms with Crippen LogP contribution in [-0.4, -0.2) is 56.1 Å². The second kappa shape index (κ2) is 7.53. The fraction of sp³-hybridized carbons (Fsp3) is 0.333. The standard InChI is InChI=1S/C18H21N3O5S/c1-20(2)27(24,25)14-7-3-6-13(12-14)19-17(22)15-8-4-10-21(15)18(23)16-9-5-11-26-16/h3,5-7,9,11-12,15H,4,8,10H2,1-2H3,(H,19,22)/t15-/m0/s1. The zero-order valence-corrected chi connectivity index (χ0v) is 15.9. The quantitative estimate of drug-likeness (QED) is 0.837. The van der Waals surface area contributed by atoms with Crippen molar-refractivity contribution < 1.29 is 22.4 Å². The van der Waals surface area contributed by atoms with E-state index in [9.17, 15) is 18.0 Å². The maximum absolute atomic E-state index is 12.7. The van der Waals surface area contributed by atoms with Gasteiger partial charge in [0.25, 0.3) is 5.91 Å². The Morgan fingerprint density at radius 3 is 2.67 bits per heavy atom. The molecule has 2 heterocycles. The van der Waals surface area contributed by atoms with Crippen LogP contribution in [0.4, 0.5) is 5.69 Å². The average Bonchev–Trinajstić information content (AvgIpc) is 3.33. The second-order valence-corrected chi connectivity index (χ2v) is 8.59. The van der Waals surface area contributed by atoms with E-state index in [4.69, 9.17) is 4.42 Å². The average molecular weight is 391 g/mol. The molecule has 144 valence electrons. The van der Waals surface area contributed by atoms with Crippen LogP contribution in [0.25, 0.3) is 0 Å². The Hall–Kier alpha value is -2.65. The minimum atomic E-state index is -3.60. The molecule has 0 radical (unpaired) electrons. The van der Waals surface area contributed by atoms with Gasteiger partial charge in [-0.3, -0.25) is 9.59 Å². The van der Waals surface area contributed by atoms with Crippen molar-refractivity contribution in [1.29, 1.82) is 0 Å². The van der Waals surface area contributed by atoms with E-state index < -0.39 is 16.1 Å². The molecule has 27 heavy (non-hydrogen) atoms. The minimum absolute atomic E-state index is 0.0836. The van der Waals surface area contributed by atoms with Crippen LogP contribution in [0, 0.1) is 0 Å². The molecule has 1 N–H and O–H groups in total. The summed E-state index contributed by atoms with van der Waals surface area (Å²) < 4.78 is 30.7. The fourth-order valence-electron chi connectivity index (χ4n) is 2.99. The summed E-state index contributed by atoms with van der Waals surface area (Å²) in [7, 11) is -0.720. The molecule has 1 aromatic heterocycles. The highest BCUT2D eigenvalue weighted by Crippen LogP contribution is 2.23. The van der Waals surface area contributed by atoms with Crippen molar-refractivity contribution in [2.45, 2.75) is 23.8 Å². The van der Waals surface area contributed by atoms with Crippen LogP contribution in [0.2, 0.25) is 0 Å². The monoisotopic (exact) mass is 391 g/mol. The number of benzene rings is 1. The van der Waals surface area contributed by atoms with Gasteiger partial charge in [0, 0.05) is 26.3 Å². The van der Waals surface area contributed by atoms with Gasteiger partial charge in [0.2, 0.25) is 15.9 Å². The summed E-state index contributed by atoms with van der Waals surface area (Å²) in [4.78, 5) is 26.8. The molecule has 8 nitrogen and oxygen atoms in total. The Morgan fingerprint density at radius 1 is 1.22 bits per heavy atom. The van der Waals surface area contributed by atoms with Crippen LogP contribution >= 0.6 is 0 Å². The number of furan rings is 1. The number of hydrogen-bond donors (Lipinski definition) is 1. The molecule has 1 atom stereocenters. The van der Waals surface area contributed by atoms with Crippen LogP contribution in [-0.2, 0) is 14.8 Å². The topological polar surface area (TPSA) is 99.9 Å². The van der Waals surface area contributed by atoms with E-state index in [1.165, 1.54) is 37.4 Å². The first-order valence-corrected chi connectivity index (χ1v) is 9.92. The maximum atomic E-state index is 12.7. The Kier molecular flexibility index (Phi) is 5.33. The number of rotatable bonds is 5. The second-order valence-electron chi connectivity index (χ2n) is 6.44. The van der Waals surface area contributed by atoms with Gasteiger partial charge in [0.15, 0.2) is 5.76 Å². The number of sulfonamides is 1. The molecule has 0 spiro atoms. The number of carbonyl (C=O) groups is 2. The molecule has 1 aromatic carbocycles. The van der Waals surface area contributed by atoms with Gasteiger partial charge in [-0.05, 0) is 43.2 Å². The van der Waals surface area contributed by atoms with Crippen molar-refractivity contribution >= 4 is 27.5 Å². The molecule has 2 aromatic rings. The van der Waals surface area contributed by atoms with E-state index in [1.54, 1.807) is 24.3 Å². The summed E-state index contributed by atoms with van der Waals surface area (Å²) in [5.74, 6) is -0.498. The van der Waals surface area contributed by atoms with Gasteiger partial charge in [-0.15, -0.1) is 0 Å². The molecular weight excluding hydrogens is 370 g/mol. The predicted molar refractivity (Wildman–Crippen MR) is 98.7 cm³/mol. The zero-order chi connectivity index (χ0) is 19.6. The van der Waals surface area contributed by atoms with E-state index in [2.05, 4.69) is 5.32 Å². The highest BCUT2D eigenvalue weighted by molar-refractivity contribution is 7.89. The van der Waals surface area contributed by atoms with Crippen molar-refractivity contribution in [2.24, 2.45) is 0 Å². The number of amides is 2. The number of carbonyl (C=O) groups excluding carboxylic acids is 2. The van der Waals surface area contributed by atoms with Crippen molar-refractivity contribution in [2.75, 3.05) is 26.0 Å². The van der Waals surface area contributed by atoms with E-state index in [0.717, 1.165) is 4.31 Å². The highest BCUT2D eigenvalue weighted by Gasteiger charge is 2.35. The molecule has 1 aliphatic heterocycles. The first-order valence-electron chi connectivity index (χ1n) is 8.48. The van der Waals surface area contributed by atoms with Crippen LogP contribution in [0.5, 0.6) is 0 Å². The van der Waals surface area contributed by atoms with Gasteiger partial charge < -0.3 is 14.6 Å². The van der Waals surface area contributed by atoms with Gasteiger partial charge in [-0.2, -0.15) is 0 Å². The molecular formula is C18H21N3O5S. The van der Waals surface area contributed by atoms with Gasteiger partial charge in [0.1, 0.15) is 6.04 Å². The molecule has 0 unspecified atom stereocenters. The maximum Gasteiger partial charge on any atom is 0.290 e. The Balaban J connectivity index is 1.76. The van der Waals surface area contributed by atoms with Crippen molar-refractivity contribution in [1.82, 2.24) is 9.21 Å². The van der Waals surface area contributed by atoms with E-state index in [0.29, 0.717) is 25.1 Å². The van der Waals surface area contributed by atoms with Gasteiger partial charge in [-0.1, -0.05) is 6.07 Å². The summed E-state index contributed by atoms with van der Waals surface area (Å²) in [5.41, 5.74) is 0.361. The van der Waals surface area contributed by atoms with Crippen LogP contribution in [0.1, 0.15) is 23.4 Å². The lowest BCUT2D eigenvalue weighted by Crippen LogP contribution is -2.43. The zero-order valence-electron chi connectivity index (χ0n) is 15.1. The molecule has 9 heteroatoms. The molecule has 0 bridgehead atoms. The summed E-state index contributed by atoms with van der Waals surface area (Å²) >= 11 is 0. The van der Waals surface area contributed by atoms with Crippen LogP contribution < -0.4 is 5.32 Å². The fourth-order valence-corrected chi connectivity index (χ4v) is 3.94. The normalized spacial score (nSPS) is 17.3. The van der Waals surface area contributed by atoms with Crippen LogP contribution in [0.15, 0.2) is 52.0 Å². The predicted octanol–water partition coefficient (Wildman–Crippen LogP) is 1.77. The van der Waals surface area contributed by atoms with E-state index >= 15 is 0 Å². The summed E-state index contributed by atoms with van der Waals surface area (Å²) in [6, 6.07) is 8.60. The number of nitrogens with one attached hydrogen (secondary N) is 1. The SMILES string of the molecule is CN(C)S(=O)(=O)c1cccc(NC(=O)[C@@H]2CCCN2C(=O)c2ccco2)c1. The lowest BCUT2D eigenvalue weighted by Gasteiger charge is -2.23.